The Balaban J connectivity index is 1.65. The minimum absolute atomic E-state index is 0.0372. The van der Waals surface area contributed by atoms with Crippen molar-refractivity contribution in [3.8, 4) is 0 Å². The molecule has 0 bridgehead atoms. The van der Waals surface area contributed by atoms with Crippen molar-refractivity contribution in [2.75, 3.05) is 13.1 Å². The van der Waals surface area contributed by atoms with Gasteiger partial charge in [0.25, 0.3) is 0 Å². The molecule has 1 aliphatic rings. The maximum atomic E-state index is 11.7. The molecule has 0 spiro atoms. The summed E-state index contributed by atoms with van der Waals surface area (Å²) in [6, 6.07) is 14.2. The highest BCUT2D eigenvalue weighted by Crippen LogP contribution is 2.27. The summed E-state index contributed by atoms with van der Waals surface area (Å²) in [6.45, 7) is 4.81. The molecule has 3 aromatic rings. The lowest BCUT2D eigenvalue weighted by atomic mass is 10.1. The molecule has 3 heterocycles. The fraction of sp³-hybridized carbons (Fsp3) is 0.150. The molecule has 0 radical (unpaired) electrons. The van der Waals surface area contributed by atoms with Crippen molar-refractivity contribution in [2.45, 2.75) is 6.04 Å². The van der Waals surface area contributed by atoms with Gasteiger partial charge in [-0.1, -0.05) is 43.0 Å². The Labute approximate surface area is 145 Å². The van der Waals surface area contributed by atoms with Gasteiger partial charge in [0.05, 0.1) is 11.7 Å². The van der Waals surface area contributed by atoms with Gasteiger partial charge in [-0.25, -0.2) is 9.67 Å². The second kappa shape index (κ2) is 6.36. The Hall–Kier alpha value is -3.21. The number of likely N-dealkylation sites (tertiary alicyclic amines) is 1. The van der Waals surface area contributed by atoms with E-state index >= 15 is 0 Å². The third-order valence-corrected chi connectivity index (χ3v) is 4.42. The van der Waals surface area contributed by atoms with Crippen LogP contribution in [0.25, 0.3) is 23.2 Å². The lowest BCUT2D eigenvalue weighted by Crippen LogP contribution is -2.50. The Bertz CT molecular complexity index is 952. The molecule has 1 fully saturated rings. The first-order valence-corrected chi connectivity index (χ1v) is 8.24. The van der Waals surface area contributed by atoms with Gasteiger partial charge in [-0.2, -0.15) is 5.10 Å². The number of hydrogen-bond acceptors (Lipinski definition) is 3. The van der Waals surface area contributed by atoms with Crippen LogP contribution in [-0.4, -0.2) is 38.7 Å². The molecule has 4 rings (SSSR count). The molecule has 25 heavy (non-hydrogen) atoms. The van der Waals surface area contributed by atoms with Crippen LogP contribution in [0.15, 0.2) is 61.3 Å². The van der Waals surface area contributed by atoms with E-state index in [1.807, 2.05) is 47.2 Å². The predicted octanol–water partition coefficient (Wildman–Crippen LogP) is 3.17. The van der Waals surface area contributed by atoms with Crippen LogP contribution >= 0.6 is 0 Å². The van der Waals surface area contributed by atoms with Crippen molar-refractivity contribution >= 4 is 29.1 Å². The van der Waals surface area contributed by atoms with Crippen molar-refractivity contribution in [3.63, 3.8) is 0 Å². The lowest BCUT2D eigenvalue weighted by Gasteiger charge is -2.38. The normalized spacial score (nSPS) is 14.8. The van der Waals surface area contributed by atoms with Crippen LogP contribution in [-0.2, 0) is 4.79 Å². The van der Waals surface area contributed by atoms with Gasteiger partial charge >= 0.3 is 0 Å². The molecule has 5 nitrogen and oxygen atoms in total. The average molecular weight is 330 g/mol. The summed E-state index contributed by atoms with van der Waals surface area (Å²) >= 11 is 0. The second-order valence-corrected chi connectivity index (χ2v) is 6.05. The number of benzene rings is 1. The van der Waals surface area contributed by atoms with Gasteiger partial charge in [0.2, 0.25) is 5.91 Å². The molecule has 2 aromatic heterocycles. The number of hydrogen-bond donors (Lipinski definition) is 0. The third kappa shape index (κ3) is 2.85. The zero-order valence-electron chi connectivity index (χ0n) is 13.7. The van der Waals surface area contributed by atoms with Crippen molar-refractivity contribution in [1.29, 1.82) is 0 Å². The van der Waals surface area contributed by atoms with Crippen molar-refractivity contribution < 1.29 is 4.79 Å². The number of aromatic nitrogens is 3. The number of nitrogens with zero attached hydrogens (tertiary/aromatic N) is 4. The molecular formula is C20H18N4O. The van der Waals surface area contributed by atoms with E-state index < -0.39 is 0 Å². The molecule has 1 aromatic carbocycles. The van der Waals surface area contributed by atoms with E-state index in [-0.39, 0.29) is 11.9 Å². The monoisotopic (exact) mass is 330 g/mol. The Kier molecular flexibility index (Phi) is 3.90. The fourth-order valence-electron chi connectivity index (χ4n) is 3.03. The topological polar surface area (TPSA) is 51.0 Å². The summed E-state index contributed by atoms with van der Waals surface area (Å²) < 4.78 is 1.94. The minimum Gasteiger partial charge on any atom is -0.335 e. The van der Waals surface area contributed by atoms with Gasteiger partial charge in [0.15, 0.2) is 5.65 Å². The maximum absolute atomic E-state index is 11.7. The molecule has 0 atom stereocenters. The van der Waals surface area contributed by atoms with E-state index in [2.05, 4.69) is 23.7 Å². The first kappa shape index (κ1) is 15.3. The number of carbonyl (C=O) groups excluding carboxylic acids is 1. The van der Waals surface area contributed by atoms with Gasteiger partial charge in [-0.3, -0.25) is 4.79 Å². The molecule has 124 valence electrons. The molecule has 1 saturated heterocycles. The number of fused-ring (bicyclic) bond motifs is 1. The fourth-order valence-corrected chi connectivity index (χ4v) is 3.03. The zero-order chi connectivity index (χ0) is 17.2. The summed E-state index contributed by atoms with van der Waals surface area (Å²) in [7, 11) is 0. The van der Waals surface area contributed by atoms with Crippen LogP contribution < -0.4 is 0 Å². The first-order chi connectivity index (χ1) is 12.3. The van der Waals surface area contributed by atoms with Crippen molar-refractivity contribution in [1.82, 2.24) is 19.7 Å². The standard InChI is InChI=1S/C20H18N4O/c1-2-19(25)23-13-16(14-23)24-20-17(9-6-12-21-20)18(22-24)11-10-15-7-4-3-5-8-15/h2-12,16H,1,13-14H2/b11-10+. The van der Waals surface area contributed by atoms with Gasteiger partial charge in [0.1, 0.15) is 0 Å². The summed E-state index contributed by atoms with van der Waals surface area (Å²) in [5.74, 6) is -0.0372. The molecule has 1 aliphatic heterocycles. The zero-order valence-corrected chi connectivity index (χ0v) is 13.7. The summed E-state index contributed by atoms with van der Waals surface area (Å²) in [6.07, 6.45) is 7.19. The van der Waals surface area contributed by atoms with Gasteiger partial charge in [0, 0.05) is 24.7 Å². The van der Waals surface area contributed by atoms with E-state index in [4.69, 9.17) is 5.10 Å². The maximum Gasteiger partial charge on any atom is 0.246 e. The molecule has 0 aliphatic carbocycles. The highest BCUT2D eigenvalue weighted by molar-refractivity contribution is 5.89. The molecule has 0 N–H and O–H groups in total. The minimum atomic E-state index is -0.0372. The second-order valence-electron chi connectivity index (χ2n) is 6.05. The molecule has 1 amide bonds. The van der Waals surface area contributed by atoms with E-state index in [1.165, 1.54) is 6.08 Å². The van der Waals surface area contributed by atoms with E-state index in [0.29, 0.717) is 13.1 Å². The number of pyridine rings is 1. The predicted molar refractivity (Wildman–Crippen MR) is 98.7 cm³/mol. The summed E-state index contributed by atoms with van der Waals surface area (Å²) in [5, 5.41) is 5.77. The lowest BCUT2D eigenvalue weighted by molar-refractivity contribution is -0.131. The highest BCUT2D eigenvalue weighted by Gasteiger charge is 2.32. The van der Waals surface area contributed by atoms with Gasteiger partial charge in [-0.05, 0) is 29.8 Å². The first-order valence-electron chi connectivity index (χ1n) is 8.24. The third-order valence-electron chi connectivity index (χ3n) is 4.42. The Morgan fingerprint density at radius 2 is 1.92 bits per heavy atom. The Morgan fingerprint density at radius 1 is 1.12 bits per heavy atom. The molecule has 0 saturated carbocycles. The summed E-state index contributed by atoms with van der Waals surface area (Å²) in [4.78, 5) is 17.9. The summed E-state index contributed by atoms with van der Waals surface area (Å²) in [5.41, 5.74) is 2.87. The van der Waals surface area contributed by atoms with Crippen LogP contribution in [0.1, 0.15) is 17.3 Å². The van der Waals surface area contributed by atoms with Crippen LogP contribution in [0.3, 0.4) is 0 Å². The van der Waals surface area contributed by atoms with Crippen LogP contribution in [0.2, 0.25) is 0 Å². The number of rotatable bonds is 4. The SMILES string of the molecule is C=CC(=O)N1CC(n2nc(/C=C/c3ccccc3)c3cccnc32)C1. The van der Waals surface area contributed by atoms with Crippen LogP contribution in [0.4, 0.5) is 0 Å². The number of amides is 1. The quantitative estimate of drug-likeness (QED) is 0.691. The van der Waals surface area contributed by atoms with Crippen LogP contribution in [0, 0.1) is 0 Å². The molecular weight excluding hydrogens is 312 g/mol. The number of carbonyl (C=O) groups is 1. The molecule has 0 unspecified atom stereocenters. The largest absolute Gasteiger partial charge is 0.335 e. The highest BCUT2D eigenvalue weighted by atomic mass is 16.2. The smallest absolute Gasteiger partial charge is 0.246 e. The molecule has 5 heteroatoms. The Morgan fingerprint density at radius 3 is 2.68 bits per heavy atom. The van der Waals surface area contributed by atoms with E-state index in [0.717, 1.165) is 22.3 Å². The van der Waals surface area contributed by atoms with Gasteiger partial charge < -0.3 is 4.90 Å². The van der Waals surface area contributed by atoms with E-state index in [1.54, 1.807) is 11.1 Å². The average Bonchev–Trinajstić information content (AvgIpc) is 2.98. The van der Waals surface area contributed by atoms with E-state index in [9.17, 15) is 4.79 Å². The van der Waals surface area contributed by atoms with Gasteiger partial charge in [-0.15, -0.1) is 0 Å². The van der Waals surface area contributed by atoms with Crippen LogP contribution in [0.5, 0.6) is 0 Å². The van der Waals surface area contributed by atoms with Crippen molar-refractivity contribution in [2.24, 2.45) is 0 Å². The van der Waals surface area contributed by atoms with Crippen molar-refractivity contribution in [3.05, 3.63) is 72.6 Å².